The average Bonchev–Trinajstić information content (AvgIpc) is 2.16. The lowest BCUT2D eigenvalue weighted by atomic mass is 10.3. The zero-order chi connectivity index (χ0) is 8.97. The molecule has 0 aliphatic heterocycles. The van der Waals surface area contributed by atoms with Gasteiger partial charge in [-0.25, -0.2) is 9.97 Å². The number of hydrogen-bond donors (Lipinski definition) is 0. The lowest BCUT2D eigenvalue weighted by Gasteiger charge is -1.90. The van der Waals surface area contributed by atoms with Crippen molar-refractivity contribution in [2.45, 2.75) is 0 Å². The summed E-state index contributed by atoms with van der Waals surface area (Å²) in [5.74, 6) is 0. The molecule has 1 aromatic rings. The molecule has 5 heteroatoms. The second-order valence-electron chi connectivity index (χ2n) is 1.79. The Balaban J connectivity index is 3.37. The van der Waals surface area contributed by atoms with Gasteiger partial charge in [0.2, 0.25) is 0 Å². The molecule has 0 radical (unpaired) electrons. The van der Waals surface area contributed by atoms with Crippen LogP contribution in [-0.2, 0) is 0 Å². The van der Waals surface area contributed by atoms with Crippen LogP contribution in [0.5, 0.6) is 0 Å². The van der Waals surface area contributed by atoms with E-state index in [4.69, 9.17) is 15.8 Å². The third-order valence-electron chi connectivity index (χ3n) is 1.10. The Kier molecular flexibility index (Phi) is 1.97. The fourth-order valence-corrected chi connectivity index (χ4v) is 0.603. The summed E-state index contributed by atoms with van der Waals surface area (Å²) in [4.78, 5) is 7.14. The van der Waals surface area contributed by atoms with Crippen molar-refractivity contribution in [2.24, 2.45) is 0 Å². The Hall–Kier alpha value is -2.45. The second-order valence-corrected chi connectivity index (χ2v) is 1.79. The van der Waals surface area contributed by atoms with E-state index in [1.165, 1.54) is 0 Å². The Morgan fingerprint density at radius 2 is 1.67 bits per heavy atom. The van der Waals surface area contributed by atoms with Gasteiger partial charge < -0.3 is 0 Å². The van der Waals surface area contributed by atoms with Gasteiger partial charge in [-0.05, 0) is 0 Å². The van der Waals surface area contributed by atoms with E-state index in [1.54, 1.807) is 18.2 Å². The summed E-state index contributed by atoms with van der Waals surface area (Å²) in [5.41, 5.74) is -0.140. The second kappa shape index (κ2) is 3.09. The minimum atomic E-state index is -0.114. The zero-order valence-corrected chi connectivity index (χ0v) is 5.81. The van der Waals surface area contributed by atoms with E-state index in [0.717, 1.165) is 6.20 Å². The predicted octanol–water partition coefficient (Wildman–Crippen LogP) is 0.0916. The van der Waals surface area contributed by atoms with Crippen molar-refractivity contribution >= 4 is 0 Å². The maximum absolute atomic E-state index is 8.46. The first-order valence-corrected chi connectivity index (χ1v) is 2.89. The molecule has 0 saturated heterocycles. The summed E-state index contributed by atoms with van der Waals surface area (Å²) < 4.78 is 0. The summed E-state index contributed by atoms with van der Waals surface area (Å²) >= 11 is 0. The van der Waals surface area contributed by atoms with Crippen LogP contribution in [0.1, 0.15) is 17.1 Å². The Bertz CT molecular complexity index is 429. The summed E-state index contributed by atoms with van der Waals surface area (Å²) in [6.07, 6.45) is 1.15. The van der Waals surface area contributed by atoms with Crippen molar-refractivity contribution in [2.75, 3.05) is 0 Å². The Morgan fingerprint density at radius 3 is 2.17 bits per heavy atom. The topological polar surface area (TPSA) is 97.1 Å². The van der Waals surface area contributed by atoms with E-state index in [-0.39, 0.29) is 17.1 Å². The molecule has 12 heavy (non-hydrogen) atoms. The van der Waals surface area contributed by atoms with Crippen molar-refractivity contribution in [1.82, 2.24) is 9.97 Å². The van der Waals surface area contributed by atoms with Crippen LogP contribution in [0.15, 0.2) is 6.20 Å². The van der Waals surface area contributed by atoms with Crippen LogP contribution in [0.3, 0.4) is 0 Å². The quantitative estimate of drug-likeness (QED) is 0.528. The standard InChI is InChI=1S/C7HN5/c8-1-5-4-11-6(2-9)7(3-10)12-5/h4H. The largest absolute Gasteiger partial charge is 0.240 e. The molecule has 0 bridgehead atoms. The lowest BCUT2D eigenvalue weighted by Crippen LogP contribution is -1.95. The molecular formula is C7HN5. The normalized spacial score (nSPS) is 7.75. The number of nitriles is 3. The van der Waals surface area contributed by atoms with E-state index in [9.17, 15) is 0 Å². The lowest BCUT2D eigenvalue weighted by molar-refractivity contribution is 1.10. The van der Waals surface area contributed by atoms with E-state index >= 15 is 0 Å². The first-order chi connectivity index (χ1) is 5.81. The van der Waals surface area contributed by atoms with E-state index in [0.29, 0.717) is 0 Å². The van der Waals surface area contributed by atoms with Crippen LogP contribution in [0, 0.1) is 34.0 Å². The van der Waals surface area contributed by atoms with Crippen molar-refractivity contribution < 1.29 is 0 Å². The number of hydrogen-bond acceptors (Lipinski definition) is 5. The van der Waals surface area contributed by atoms with Crippen LogP contribution in [0.4, 0.5) is 0 Å². The molecule has 0 aliphatic rings. The zero-order valence-electron chi connectivity index (χ0n) is 5.81. The highest BCUT2D eigenvalue weighted by Gasteiger charge is 2.04. The molecule has 0 aliphatic carbocycles. The molecule has 1 aromatic heterocycles. The Labute approximate surface area is 68.1 Å². The minimum absolute atomic E-state index is 0.0329. The van der Waals surface area contributed by atoms with Gasteiger partial charge in [0.25, 0.3) is 0 Å². The Morgan fingerprint density at radius 1 is 1.00 bits per heavy atom. The maximum atomic E-state index is 8.46. The van der Waals surface area contributed by atoms with Gasteiger partial charge in [0.1, 0.15) is 18.2 Å². The van der Waals surface area contributed by atoms with Gasteiger partial charge in [-0.2, -0.15) is 15.8 Å². The number of nitrogens with zero attached hydrogens (tertiary/aromatic N) is 5. The smallest absolute Gasteiger partial charge is 0.178 e. The third-order valence-corrected chi connectivity index (χ3v) is 1.10. The van der Waals surface area contributed by atoms with E-state index in [1.807, 2.05) is 0 Å². The monoisotopic (exact) mass is 155 g/mol. The average molecular weight is 155 g/mol. The van der Waals surface area contributed by atoms with Crippen LogP contribution in [0.25, 0.3) is 0 Å². The van der Waals surface area contributed by atoms with Gasteiger partial charge in [-0.15, -0.1) is 0 Å². The molecule has 0 fully saturated rings. The van der Waals surface area contributed by atoms with Crippen molar-refractivity contribution in [3.8, 4) is 18.2 Å². The van der Waals surface area contributed by atoms with Gasteiger partial charge >= 0.3 is 0 Å². The highest BCUT2D eigenvalue weighted by Crippen LogP contribution is 1.99. The van der Waals surface area contributed by atoms with Gasteiger partial charge in [0, 0.05) is 0 Å². The maximum Gasteiger partial charge on any atom is 0.178 e. The first kappa shape index (κ1) is 7.65. The molecule has 0 amide bonds. The van der Waals surface area contributed by atoms with Crippen molar-refractivity contribution in [3.63, 3.8) is 0 Å². The van der Waals surface area contributed by atoms with Crippen LogP contribution in [0.2, 0.25) is 0 Å². The van der Waals surface area contributed by atoms with Crippen molar-refractivity contribution in [3.05, 3.63) is 23.3 Å². The molecule has 1 rings (SSSR count). The molecule has 54 valence electrons. The highest BCUT2D eigenvalue weighted by atomic mass is 14.8. The summed E-state index contributed by atoms with van der Waals surface area (Å²) in [7, 11) is 0. The van der Waals surface area contributed by atoms with Gasteiger partial charge in [0.15, 0.2) is 17.1 Å². The summed E-state index contributed by atoms with van der Waals surface area (Å²) in [6, 6.07) is 5.09. The fourth-order valence-electron chi connectivity index (χ4n) is 0.603. The van der Waals surface area contributed by atoms with Crippen LogP contribution in [-0.4, -0.2) is 9.97 Å². The third kappa shape index (κ3) is 1.18. The molecular weight excluding hydrogens is 154 g/mol. The molecule has 0 N–H and O–H groups in total. The number of rotatable bonds is 0. The highest BCUT2D eigenvalue weighted by molar-refractivity contribution is 5.37. The number of aromatic nitrogens is 2. The molecule has 0 unspecified atom stereocenters. The van der Waals surface area contributed by atoms with Crippen molar-refractivity contribution in [1.29, 1.82) is 15.8 Å². The molecule has 1 heterocycles. The van der Waals surface area contributed by atoms with Crippen LogP contribution < -0.4 is 0 Å². The van der Waals surface area contributed by atoms with E-state index in [2.05, 4.69) is 9.97 Å². The molecule has 0 aromatic carbocycles. The van der Waals surface area contributed by atoms with Gasteiger partial charge in [-0.1, -0.05) is 0 Å². The molecule has 0 saturated carbocycles. The van der Waals surface area contributed by atoms with Crippen LogP contribution >= 0.6 is 0 Å². The molecule has 0 spiro atoms. The van der Waals surface area contributed by atoms with Gasteiger partial charge in [0.05, 0.1) is 6.20 Å². The van der Waals surface area contributed by atoms with Gasteiger partial charge in [-0.3, -0.25) is 0 Å². The van der Waals surface area contributed by atoms with E-state index < -0.39 is 0 Å². The summed E-state index contributed by atoms with van der Waals surface area (Å²) in [6.45, 7) is 0. The molecule has 5 nitrogen and oxygen atoms in total. The molecule has 0 atom stereocenters. The fraction of sp³-hybridized carbons (Fsp3) is 0. The first-order valence-electron chi connectivity index (χ1n) is 2.89. The summed E-state index contributed by atoms with van der Waals surface area (Å²) in [5, 5.41) is 25.3. The SMILES string of the molecule is N#Cc1cnc(C#N)c(C#N)n1. The minimum Gasteiger partial charge on any atom is -0.240 e. The predicted molar refractivity (Wildman–Crippen MR) is 36.2 cm³/mol.